The molecule has 0 N–H and O–H groups in total. The number of hydrogen-bond donors (Lipinski definition) is 0. The van der Waals surface area contributed by atoms with Crippen LogP contribution < -0.4 is 0 Å². The first-order valence-corrected chi connectivity index (χ1v) is 5.73. The summed E-state index contributed by atoms with van der Waals surface area (Å²) in [7, 11) is 0. The highest BCUT2D eigenvalue weighted by Crippen LogP contribution is 2.62. The van der Waals surface area contributed by atoms with Gasteiger partial charge in [-0.2, -0.15) is 0 Å². The molecule has 4 nitrogen and oxygen atoms in total. The standard InChI is InChI=1S/C13H16O4/c1-3-16-10(14)12-5-7-13(9-12,8-6-12)11(15)17-4-2/h3-4H,1-2,5-9H2. The van der Waals surface area contributed by atoms with Crippen LogP contribution in [0.3, 0.4) is 0 Å². The lowest BCUT2D eigenvalue weighted by Crippen LogP contribution is -2.27. The average Bonchev–Trinajstić information content (AvgIpc) is 2.88. The van der Waals surface area contributed by atoms with E-state index < -0.39 is 10.8 Å². The second kappa shape index (κ2) is 4.02. The van der Waals surface area contributed by atoms with Gasteiger partial charge in [-0.05, 0) is 32.1 Å². The molecule has 0 aromatic carbocycles. The lowest BCUT2D eigenvalue weighted by molar-refractivity contribution is -0.149. The van der Waals surface area contributed by atoms with E-state index in [1.165, 1.54) is 0 Å². The molecule has 0 saturated heterocycles. The Morgan fingerprint density at radius 2 is 1.24 bits per heavy atom. The van der Waals surface area contributed by atoms with Crippen LogP contribution in [0.4, 0.5) is 0 Å². The summed E-state index contributed by atoms with van der Waals surface area (Å²) in [4.78, 5) is 23.8. The quantitative estimate of drug-likeness (QED) is 0.555. The van der Waals surface area contributed by atoms with Crippen LogP contribution in [0, 0.1) is 10.8 Å². The first-order chi connectivity index (χ1) is 8.08. The Hall–Kier alpha value is -1.58. The van der Waals surface area contributed by atoms with Crippen molar-refractivity contribution < 1.29 is 19.1 Å². The van der Waals surface area contributed by atoms with E-state index in [4.69, 9.17) is 9.47 Å². The summed E-state index contributed by atoms with van der Waals surface area (Å²) in [6.07, 6.45) is 5.57. The van der Waals surface area contributed by atoms with Gasteiger partial charge in [0.05, 0.1) is 23.4 Å². The summed E-state index contributed by atoms with van der Waals surface area (Å²) in [6.45, 7) is 6.77. The van der Waals surface area contributed by atoms with Crippen molar-refractivity contribution in [2.75, 3.05) is 0 Å². The van der Waals surface area contributed by atoms with Crippen LogP contribution in [-0.2, 0) is 19.1 Å². The maximum absolute atomic E-state index is 11.9. The Bertz CT molecular complexity index is 339. The second-order valence-electron chi connectivity index (χ2n) is 4.88. The fraction of sp³-hybridized carbons (Fsp3) is 0.538. The van der Waals surface area contributed by atoms with E-state index in [0.29, 0.717) is 32.1 Å². The monoisotopic (exact) mass is 236 g/mol. The van der Waals surface area contributed by atoms with Gasteiger partial charge in [-0.15, -0.1) is 0 Å². The smallest absolute Gasteiger partial charge is 0.316 e. The van der Waals surface area contributed by atoms with Gasteiger partial charge < -0.3 is 9.47 Å². The highest BCUT2D eigenvalue weighted by Gasteiger charge is 2.62. The number of rotatable bonds is 4. The Morgan fingerprint density at radius 1 is 0.882 bits per heavy atom. The SMILES string of the molecule is C=COC(=O)C12CCC(C(=O)OC=C)(CC1)C2. The number of ether oxygens (including phenoxy) is 2. The van der Waals surface area contributed by atoms with Crippen LogP contribution in [0.5, 0.6) is 0 Å². The molecule has 0 radical (unpaired) electrons. The van der Waals surface area contributed by atoms with Crippen LogP contribution >= 0.6 is 0 Å². The van der Waals surface area contributed by atoms with Crippen LogP contribution in [0.1, 0.15) is 32.1 Å². The van der Waals surface area contributed by atoms with Crippen molar-refractivity contribution in [3.05, 3.63) is 25.7 Å². The fourth-order valence-electron chi connectivity index (χ4n) is 3.16. The molecule has 0 amide bonds. The molecule has 4 heteroatoms. The highest BCUT2D eigenvalue weighted by atomic mass is 16.5. The molecule has 2 aliphatic rings. The van der Waals surface area contributed by atoms with E-state index in [2.05, 4.69) is 13.2 Å². The topological polar surface area (TPSA) is 52.6 Å². The van der Waals surface area contributed by atoms with E-state index in [1.54, 1.807) is 0 Å². The minimum atomic E-state index is -0.506. The van der Waals surface area contributed by atoms with Gasteiger partial charge in [-0.3, -0.25) is 9.59 Å². The molecule has 2 bridgehead atoms. The molecule has 0 atom stereocenters. The van der Waals surface area contributed by atoms with Gasteiger partial charge in [0.25, 0.3) is 0 Å². The third-order valence-corrected chi connectivity index (χ3v) is 4.09. The van der Waals surface area contributed by atoms with Gasteiger partial charge in [-0.25, -0.2) is 0 Å². The minimum Gasteiger partial charge on any atom is -0.435 e. The highest BCUT2D eigenvalue weighted by molar-refractivity contribution is 5.85. The molecule has 17 heavy (non-hydrogen) atoms. The summed E-state index contributed by atoms with van der Waals surface area (Å²) in [5.74, 6) is -0.531. The Labute approximate surface area is 100 Å². The number of carbonyl (C=O) groups excluding carboxylic acids is 2. The van der Waals surface area contributed by atoms with Gasteiger partial charge in [-0.1, -0.05) is 13.2 Å². The van der Waals surface area contributed by atoms with E-state index in [1.807, 2.05) is 0 Å². The molecule has 2 aliphatic carbocycles. The van der Waals surface area contributed by atoms with Crippen molar-refractivity contribution in [3.63, 3.8) is 0 Å². The predicted octanol–water partition coefficient (Wildman–Crippen LogP) is 2.31. The molecule has 0 heterocycles. The summed E-state index contributed by atoms with van der Waals surface area (Å²) in [5.41, 5.74) is -1.01. The molecular formula is C13H16O4. The van der Waals surface area contributed by atoms with Crippen molar-refractivity contribution >= 4 is 11.9 Å². The van der Waals surface area contributed by atoms with Crippen LogP contribution in [-0.4, -0.2) is 11.9 Å². The summed E-state index contributed by atoms with van der Waals surface area (Å²) in [6, 6.07) is 0. The molecule has 0 unspecified atom stereocenters. The maximum atomic E-state index is 11.9. The number of carbonyl (C=O) groups is 2. The van der Waals surface area contributed by atoms with Gasteiger partial charge in [0.1, 0.15) is 0 Å². The summed E-state index contributed by atoms with van der Waals surface area (Å²) < 4.78 is 9.77. The number of hydrogen-bond acceptors (Lipinski definition) is 4. The van der Waals surface area contributed by atoms with Gasteiger partial charge in [0.15, 0.2) is 0 Å². The first-order valence-electron chi connectivity index (χ1n) is 5.73. The molecule has 2 rings (SSSR count). The summed E-state index contributed by atoms with van der Waals surface area (Å²) >= 11 is 0. The van der Waals surface area contributed by atoms with Crippen LogP contribution in [0.2, 0.25) is 0 Å². The first kappa shape index (κ1) is 11.9. The fourth-order valence-corrected chi connectivity index (χ4v) is 3.16. The van der Waals surface area contributed by atoms with Crippen molar-refractivity contribution in [2.24, 2.45) is 10.8 Å². The molecule has 0 spiro atoms. The normalized spacial score (nSPS) is 34.1. The third kappa shape index (κ3) is 1.68. The maximum Gasteiger partial charge on any atom is 0.316 e. The molecule has 92 valence electrons. The molecule has 0 aromatic rings. The lowest BCUT2D eigenvalue weighted by Gasteiger charge is -2.24. The molecule has 2 fully saturated rings. The van der Waals surface area contributed by atoms with E-state index >= 15 is 0 Å². The average molecular weight is 236 g/mol. The zero-order valence-corrected chi connectivity index (χ0v) is 9.74. The number of esters is 2. The third-order valence-electron chi connectivity index (χ3n) is 4.09. The molecule has 2 saturated carbocycles. The Kier molecular flexibility index (Phi) is 2.81. The van der Waals surface area contributed by atoms with Crippen LogP contribution in [0.25, 0.3) is 0 Å². The van der Waals surface area contributed by atoms with E-state index in [9.17, 15) is 9.59 Å². The van der Waals surface area contributed by atoms with Crippen LogP contribution in [0.15, 0.2) is 25.7 Å². The van der Waals surface area contributed by atoms with Crippen molar-refractivity contribution in [1.29, 1.82) is 0 Å². The Balaban J connectivity index is 2.15. The predicted molar refractivity (Wildman–Crippen MR) is 60.5 cm³/mol. The molecule has 0 aromatic heterocycles. The second-order valence-corrected chi connectivity index (χ2v) is 4.88. The summed E-state index contributed by atoms with van der Waals surface area (Å²) in [5, 5.41) is 0. The molecular weight excluding hydrogens is 220 g/mol. The molecule has 0 aliphatic heterocycles. The van der Waals surface area contributed by atoms with Crippen molar-refractivity contribution in [2.45, 2.75) is 32.1 Å². The zero-order valence-electron chi connectivity index (χ0n) is 9.74. The zero-order chi connectivity index (χ0) is 12.5. The van der Waals surface area contributed by atoms with E-state index in [-0.39, 0.29) is 11.9 Å². The number of fused-ring (bicyclic) bond motifs is 2. The van der Waals surface area contributed by atoms with Crippen molar-refractivity contribution in [1.82, 2.24) is 0 Å². The minimum absolute atomic E-state index is 0.265. The van der Waals surface area contributed by atoms with Gasteiger partial charge >= 0.3 is 11.9 Å². The lowest BCUT2D eigenvalue weighted by atomic mass is 9.82. The van der Waals surface area contributed by atoms with Crippen molar-refractivity contribution in [3.8, 4) is 0 Å². The van der Waals surface area contributed by atoms with Gasteiger partial charge in [0, 0.05) is 0 Å². The Morgan fingerprint density at radius 3 is 1.53 bits per heavy atom. The van der Waals surface area contributed by atoms with Gasteiger partial charge in [0.2, 0.25) is 0 Å². The largest absolute Gasteiger partial charge is 0.435 e. The van der Waals surface area contributed by atoms with E-state index in [0.717, 1.165) is 12.5 Å².